The van der Waals surface area contributed by atoms with Crippen molar-refractivity contribution in [3.05, 3.63) is 0 Å². The molecule has 4 saturated heterocycles. The van der Waals surface area contributed by atoms with Crippen LogP contribution in [0.4, 0.5) is 0 Å². The molecule has 0 saturated carbocycles. The summed E-state index contributed by atoms with van der Waals surface area (Å²) in [5.74, 6) is 0. The Labute approximate surface area is 228 Å². The molecular formula is C23H40O17. The predicted molar refractivity (Wildman–Crippen MR) is 124 cm³/mol. The largest absolute Gasteiger partial charge is 0.388 e. The molecule has 17 nitrogen and oxygen atoms in total. The fourth-order valence-electron chi connectivity index (χ4n) is 5.10. The van der Waals surface area contributed by atoms with Crippen molar-refractivity contribution in [1.29, 1.82) is 0 Å². The van der Waals surface area contributed by atoms with Gasteiger partial charge in [-0.15, -0.1) is 0 Å². The van der Waals surface area contributed by atoms with Crippen molar-refractivity contribution in [2.24, 2.45) is 0 Å². The minimum absolute atomic E-state index is 0.356. The van der Waals surface area contributed by atoms with Gasteiger partial charge in [0.05, 0.1) is 24.9 Å². The Morgan fingerprint density at radius 1 is 0.450 bits per heavy atom. The number of hydrogen-bond donors (Lipinski definition) is 10. The van der Waals surface area contributed by atoms with Gasteiger partial charge in [-0.25, -0.2) is 0 Å². The molecule has 0 spiro atoms. The van der Waals surface area contributed by atoms with Crippen molar-refractivity contribution in [3.63, 3.8) is 0 Å². The lowest BCUT2D eigenvalue weighted by Gasteiger charge is -2.48. The number of aliphatic hydroxyl groups is 10. The van der Waals surface area contributed by atoms with Gasteiger partial charge in [-0.1, -0.05) is 0 Å². The van der Waals surface area contributed by atoms with Crippen molar-refractivity contribution in [2.45, 2.75) is 137 Å². The van der Waals surface area contributed by atoms with Gasteiger partial charge in [-0.2, -0.15) is 0 Å². The Morgan fingerprint density at radius 2 is 0.950 bits per heavy atom. The molecule has 0 aromatic heterocycles. The Hall–Kier alpha value is -0.680. The Balaban J connectivity index is 1.45. The number of aliphatic hydroxyl groups excluding tert-OH is 10. The third kappa shape index (κ3) is 6.31. The fraction of sp³-hybridized carbons (Fsp3) is 1.00. The molecule has 0 aromatic carbocycles. The van der Waals surface area contributed by atoms with Crippen LogP contribution in [0.2, 0.25) is 0 Å². The monoisotopic (exact) mass is 588 g/mol. The van der Waals surface area contributed by atoms with Crippen LogP contribution in [0, 0.1) is 0 Å². The van der Waals surface area contributed by atoms with E-state index in [1.807, 2.05) is 0 Å². The van der Waals surface area contributed by atoms with Gasteiger partial charge in [-0.3, -0.25) is 0 Å². The van der Waals surface area contributed by atoms with Crippen LogP contribution in [-0.4, -0.2) is 174 Å². The summed E-state index contributed by atoms with van der Waals surface area (Å²) >= 11 is 0. The van der Waals surface area contributed by atoms with E-state index in [1.165, 1.54) is 20.8 Å². The average Bonchev–Trinajstić information content (AvgIpc) is 2.91. The van der Waals surface area contributed by atoms with Crippen LogP contribution in [0.1, 0.15) is 20.8 Å². The Bertz CT molecular complexity index is 822. The maximum Gasteiger partial charge on any atom is 0.187 e. The second-order valence-corrected chi connectivity index (χ2v) is 10.6. The van der Waals surface area contributed by atoms with Gasteiger partial charge in [0, 0.05) is 0 Å². The van der Waals surface area contributed by atoms with E-state index in [1.54, 1.807) is 0 Å². The van der Waals surface area contributed by atoms with Crippen LogP contribution in [0.15, 0.2) is 0 Å². The molecule has 10 N–H and O–H groups in total. The van der Waals surface area contributed by atoms with Crippen LogP contribution in [-0.2, 0) is 33.2 Å². The molecule has 4 aliphatic heterocycles. The average molecular weight is 589 g/mol. The van der Waals surface area contributed by atoms with Gasteiger partial charge in [0.25, 0.3) is 0 Å². The summed E-state index contributed by atoms with van der Waals surface area (Å²) in [5, 5.41) is 103. The quantitative estimate of drug-likeness (QED) is 0.138. The lowest BCUT2D eigenvalue weighted by molar-refractivity contribution is -0.389. The first-order valence-electron chi connectivity index (χ1n) is 13.1. The summed E-state index contributed by atoms with van der Waals surface area (Å²) in [6.45, 7) is 3.94. The van der Waals surface area contributed by atoms with Gasteiger partial charge in [-0.05, 0) is 20.8 Å². The van der Waals surface area contributed by atoms with E-state index in [-0.39, 0.29) is 6.61 Å². The third-order valence-electron chi connectivity index (χ3n) is 7.69. The summed E-state index contributed by atoms with van der Waals surface area (Å²) in [4.78, 5) is 0. The highest BCUT2D eigenvalue weighted by Crippen LogP contribution is 2.33. The zero-order valence-corrected chi connectivity index (χ0v) is 22.0. The minimum atomic E-state index is -1.82. The molecule has 0 aromatic rings. The van der Waals surface area contributed by atoms with E-state index in [9.17, 15) is 51.1 Å². The molecule has 0 bridgehead atoms. The molecule has 4 aliphatic rings. The van der Waals surface area contributed by atoms with E-state index in [4.69, 9.17) is 33.2 Å². The van der Waals surface area contributed by atoms with Crippen molar-refractivity contribution < 1.29 is 84.2 Å². The van der Waals surface area contributed by atoms with E-state index in [2.05, 4.69) is 0 Å². The van der Waals surface area contributed by atoms with Crippen molar-refractivity contribution in [2.75, 3.05) is 6.61 Å². The maximum atomic E-state index is 10.8. The molecule has 0 unspecified atom stereocenters. The van der Waals surface area contributed by atoms with Crippen molar-refractivity contribution in [3.8, 4) is 0 Å². The highest BCUT2D eigenvalue weighted by atomic mass is 16.8. The number of rotatable bonds is 6. The number of ether oxygens (including phenoxy) is 7. The van der Waals surface area contributed by atoms with E-state index in [0.29, 0.717) is 0 Å². The number of hydrogen-bond acceptors (Lipinski definition) is 17. The molecule has 40 heavy (non-hydrogen) atoms. The van der Waals surface area contributed by atoms with Crippen molar-refractivity contribution in [1.82, 2.24) is 0 Å². The maximum absolute atomic E-state index is 10.8. The topological polar surface area (TPSA) is 267 Å². The molecule has 0 aliphatic carbocycles. The van der Waals surface area contributed by atoms with Gasteiger partial charge < -0.3 is 84.2 Å². The van der Waals surface area contributed by atoms with Crippen LogP contribution in [0.3, 0.4) is 0 Å². The van der Waals surface area contributed by atoms with Gasteiger partial charge >= 0.3 is 0 Å². The predicted octanol–water partition coefficient (Wildman–Crippen LogP) is -6.03. The molecular weight excluding hydrogens is 548 g/mol. The van der Waals surface area contributed by atoms with Gasteiger partial charge in [0.2, 0.25) is 0 Å². The molecule has 0 radical (unpaired) electrons. The Kier molecular flexibility index (Phi) is 10.4. The molecule has 4 fully saturated rings. The SMILES string of the molecule is C[C@@H]1O[C@@H](O[C@H]2[C@H](O)[C@@H](C)O[C@@H](O)[C@@H]2O[C@@H]2O[C@@H](C)[C@H](O[C@@H]3OC[C@@H](O)[C@H](O)[C@H]3O)[C@@H](O)[C@H]2O)[C@H](O)[C@H](O)[C@H]1O. The second kappa shape index (κ2) is 12.9. The van der Waals surface area contributed by atoms with E-state index >= 15 is 0 Å². The van der Waals surface area contributed by atoms with E-state index in [0.717, 1.165) is 0 Å². The van der Waals surface area contributed by atoms with Crippen LogP contribution in [0.25, 0.3) is 0 Å². The second-order valence-electron chi connectivity index (χ2n) is 10.6. The standard InChI is InChI=1S/C23H40O17/c1-5-9(25)12(28)15(31)22(36-5)39-18-10(26)6(2)35-20(33)19(18)40-23-16(32)13(29)17(7(3)37-23)38-21-14(30)11(27)8(24)4-34-21/h5-33H,4H2,1-3H3/t5-,6+,7-,8+,9-,10+,11-,12+,13-,14+,15+,16+,17-,18-,19+,20+,21-,22-,23-/m0/s1. The zero-order chi connectivity index (χ0) is 29.6. The smallest absolute Gasteiger partial charge is 0.187 e. The lowest BCUT2D eigenvalue weighted by atomic mass is 9.96. The first kappa shape index (κ1) is 32.2. The third-order valence-corrected chi connectivity index (χ3v) is 7.69. The first-order chi connectivity index (χ1) is 18.7. The highest BCUT2D eigenvalue weighted by molar-refractivity contribution is 4.95. The summed E-state index contributed by atoms with van der Waals surface area (Å²) in [5.41, 5.74) is 0. The molecule has 4 heterocycles. The zero-order valence-electron chi connectivity index (χ0n) is 22.0. The minimum Gasteiger partial charge on any atom is -0.388 e. The molecule has 0 amide bonds. The van der Waals surface area contributed by atoms with Crippen LogP contribution >= 0.6 is 0 Å². The lowest BCUT2D eigenvalue weighted by Crippen LogP contribution is -2.66. The summed E-state index contributed by atoms with van der Waals surface area (Å²) in [6.07, 6.45) is -28.2. The normalized spacial score (nSPS) is 56.2. The Morgan fingerprint density at radius 3 is 1.60 bits per heavy atom. The van der Waals surface area contributed by atoms with Crippen LogP contribution < -0.4 is 0 Å². The first-order valence-corrected chi connectivity index (χ1v) is 13.1. The molecule has 4 rings (SSSR count). The summed E-state index contributed by atoms with van der Waals surface area (Å²) < 4.78 is 38.6. The molecule has 234 valence electrons. The van der Waals surface area contributed by atoms with Gasteiger partial charge in [0.1, 0.15) is 73.2 Å². The van der Waals surface area contributed by atoms with Crippen LogP contribution in [0.5, 0.6) is 0 Å². The highest BCUT2D eigenvalue weighted by Gasteiger charge is 2.53. The summed E-state index contributed by atoms with van der Waals surface area (Å²) in [7, 11) is 0. The van der Waals surface area contributed by atoms with Gasteiger partial charge in [0.15, 0.2) is 25.2 Å². The van der Waals surface area contributed by atoms with E-state index < -0.39 is 117 Å². The fourth-order valence-corrected chi connectivity index (χ4v) is 5.10. The molecule has 17 heteroatoms. The summed E-state index contributed by atoms with van der Waals surface area (Å²) in [6, 6.07) is 0. The van der Waals surface area contributed by atoms with Crippen molar-refractivity contribution >= 4 is 0 Å². The molecule has 19 atom stereocenters.